The predicted octanol–water partition coefficient (Wildman–Crippen LogP) is 5.38. The third-order valence-electron chi connectivity index (χ3n) is 3.87. The highest BCUT2D eigenvalue weighted by Gasteiger charge is 1.98. The van der Waals surface area contributed by atoms with E-state index in [1.807, 2.05) is 37.3 Å². The predicted molar refractivity (Wildman–Crippen MR) is 101 cm³/mol. The quantitative estimate of drug-likeness (QED) is 0.481. The fourth-order valence-corrected chi connectivity index (χ4v) is 2.31. The zero-order chi connectivity index (χ0) is 18.5. The van der Waals surface area contributed by atoms with Crippen LogP contribution in [0.4, 0.5) is 8.78 Å². The van der Waals surface area contributed by atoms with Gasteiger partial charge in [0.15, 0.2) is 0 Å². The molecule has 0 radical (unpaired) electrons. The van der Waals surface area contributed by atoms with Crippen molar-refractivity contribution in [2.45, 2.75) is 13.8 Å². The van der Waals surface area contributed by atoms with Crippen LogP contribution in [0.3, 0.4) is 0 Å². The van der Waals surface area contributed by atoms with Crippen LogP contribution in [-0.2, 0) is 0 Å². The maximum atomic E-state index is 13.8. The normalized spacial score (nSPS) is 9.69. The highest BCUT2D eigenvalue weighted by molar-refractivity contribution is 5.48. The first-order chi connectivity index (χ1) is 12.5. The minimum absolute atomic E-state index is 0.259. The van der Waals surface area contributed by atoms with Crippen molar-refractivity contribution in [1.82, 2.24) is 0 Å². The van der Waals surface area contributed by atoms with Crippen LogP contribution in [-0.4, -0.2) is 0 Å². The molecule has 2 heteroatoms. The first kappa shape index (κ1) is 17.5. The van der Waals surface area contributed by atoms with Gasteiger partial charge in [0.1, 0.15) is 11.6 Å². The van der Waals surface area contributed by atoms with Crippen molar-refractivity contribution in [3.8, 4) is 23.7 Å². The Morgan fingerprint density at radius 2 is 1.15 bits per heavy atom. The summed E-state index contributed by atoms with van der Waals surface area (Å²) in [5.74, 6) is 11.2. The van der Waals surface area contributed by atoms with Gasteiger partial charge in [-0.25, -0.2) is 8.78 Å². The molecule has 126 valence electrons. The Morgan fingerprint density at radius 3 is 1.77 bits per heavy atom. The zero-order valence-electron chi connectivity index (χ0n) is 14.5. The molecule has 0 fully saturated rings. The second kappa shape index (κ2) is 7.68. The fourth-order valence-electron chi connectivity index (χ4n) is 2.31. The van der Waals surface area contributed by atoms with Crippen molar-refractivity contribution in [2.24, 2.45) is 0 Å². The molecule has 3 aromatic carbocycles. The van der Waals surface area contributed by atoms with Gasteiger partial charge < -0.3 is 0 Å². The summed E-state index contributed by atoms with van der Waals surface area (Å²) >= 11 is 0. The Labute approximate surface area is 152 Å². The van der Waals surface area contributed by atoms with Gasteiger partial charge in [0.25, 0.3) is 0 Å². The van der Waals surface area contributed by atoms with Crippen molar-refractivity contribution in [2.75, 3.05) is 0 Å². The number of hydrogen-bond acceptors (Lipinski definition) is 0. The van der Waals surface area contributed by atoms with Crippen molar-refractivity contribution in [1.29, 1.82) is 0 Å². The van der Waals surface area contributed by atoms with Crippen LogP contribution in [0.25, 0.3) is 0 Å². The second-order valence-corrected chi connectivity index (χ2v) is 6.02. The average Bonchev–Trinajstić information content (AvgIpc) is 2.63. The number of halogens is 2. The monoisotopic (exact) mass is 342 g/mol. The highest BCUT2D eigenvalue weighted by Crippen LogP contribution is 2.10. The Morgan fingerprint density at radius 1 is 0.577 bits per heavy atom. The molecule has 0 heterocycles. The van der Waals surface area contributed by atoms with Crippen LogP contribution >= 0.6 is 0 Å². The van der Waals surface area contributed by atoms with Crippen LogP contribution in [0.5, 0.6) is 0 Å². The number of rotatable bonds is 0. The van der Waals surface area contributed by atoms with Gasteiger partial charge in [-0.2, -0.15) is 0 Å². The van der Waals surface area contributed by atoms with E-state index in [1.165, 1.54) is 12.1 Å². The molecule has 0 unspecified atom stereocenters. The maximum Gasteiger partial charge on any atom is 0.139 e. The van der Waals surface area contributed by atoms with Gasteiger partial charge in [0, 0.05) is 16.7 Å². The molecule has 26 heavy (non-hydrogen) atoms. The lowest BCUT2D eigenvalue weighted by Gasteiger charge is -1.96. The SMILES string of the molecule is Cc1ccc(C#Cc2ccc(C#Cc3ccc(C)c(F)c3)cc2)c(F)c1. The Bertz CT molecular complexity index is 1070. The van der Waals surface area contributed by atoms with E-state index in [2.05, 4.69) is 23.7 Å². The highest BCUT2D eigenvalue weighted by atomic mass is 19.1. The zero-order valence-corrected chi connectivity index (χ0v) is 14.5. The van der Waals surface area contributed by atoms with E-state index in [4.69, 9.17) is 0 Å². The van der Waals surface area contributed by atoms with Crippen LogP contribution in [0.15, 0.2) is 60.7 Å². The summed E-state index contributed by atoms with van der Waals surface area (Å²) in [5, 5.41) is 0. The molecule has 0 aliphatic heterocycles. The maximum absolute atomic E-state index is 13.8. The van der Waals surface area contributed by atoms with E-state index in [1.54, 1.807) is 25.1 Å². The molecule has 0 nitrogen and oxygen atoms in total. The van der Waals surface area contributed by atoms with Gasteiger partial charge in [-0.05, 0) is 73.5 Å². The minimum Gasteiger partial charge on any atom is -0.207 e. The molecule has 0 aliphatic carbocycles. The Balaban J connectivity index is 1.76. The molecule has 0 bridgehead atoms. The third kappa shape index (κ3) is 4.38. The lowest BCUT2D eigenvalue weighted by atomic mass is 10.1. The Hall–Kier alpha value is -3.36. The summed E-state index contributed by atoms with van der Waals surface area (Å²) in [6, 6.07) is 17.3. The summed E-state index contributed by atoms with van der Waals surface area (Å²) in [6.45, 7) is 3.56. The van der Waals surface area contributed by atoms with E-state index in [-0.39, 0.29) is 11.6 Å². The van der Waals surface area contributed by atoms with Gasteiger partial charge in [-0.3, -0.25) is 0 Å². The van der Waals surface area contributed by atoms with Gasteiger partial charge in [-0.15, -0.1) is 0 Å². The van der Waals surface area contributed by atoms with Crippen LogP contribution in [0.2, 0.25) is 0 Å². The molecule has 3 aromatic rings. The molecule has 0 aromatic heterocycles. The lowest BCUT2D eigenvalue weighted by Crippen LogP contribution is -1.85. The second-order valence-electron chi connectivity index (χ2n) is 6.02. The molecule has 3 rings (SSSR count). The Kier molecular flexibility index (Phi) is 5.16. The molecular formula is C24H16F2. The molecule has 0 N–H and O–H groups in total. The van der Waals surface area contributed by atoms with Crippen LogP contribution < -0.4 is 0 Å². The summed E-state index contributed by atoms with van der Waals surface area (Å²) in [7, 11) is 0. The fraction of sp³-hybridized carbons (Fsp3) is 0.0833. The van der Waals surface area contributed by atoms with Crippen molar-refractivity contribution in [3.63, 3.8) is 0 Å². The first-order valence-electron chi connectivity index (χ1n) is 8.18. The van der Waals surface area contributed by atoms with E-state index in [0.717, 1.165) is 16.7 Å². The van der Waals surface area contributed by atoms with Gasteiger partial charge in [0.2, 0.25) is 0 Å². The molecule has 0 atom stereocenters. The number of benzene rings is 3. The van der Waals surface area contributed by atoms with Crippen molar-refractivity contribution >= 4 is 0 Å². The lowest BCUT2D eigenvalue weighted by molar-refractivity contribution is 0.618. The third-order valence-corrected chi connectivity index (χ3v) is 3.87. The standard InChI is InChI=1S/C24H16F2/c1-17-3-13-22(24(26)15-17)14-12-20-8-6-19(7-9-20)10-11-21-5-4-18(2)23(25)16-21/h3-9,13,15-16H,1-2H3. The molecule has 0 saturated carbocycles. The smallest absolute Gasteiger partial charge is 0.139 e. The van der Waals surface area contributed by atoms with Crippen LogP contribution in [0.1, 0.15) is 33.4 Å². The first-order valence-corrected chi connectivity index (χ1v) is 8.18. The van der Waals surface area contributed by atoms with E-state index < -0.39 is 0 Å². The van der Waals surface area contributed by atoms with E-state index >= 15 is 0 Å². The molecule has 0 saturated heterocycles. The molecular weight excluding hydrogens is 326 g/mol. The van der Waals surface area contributed by atoms with Crippen molar-refractivity contribution < 1.29 is 8.78 Å². The van der Waals surface area contributed by atoms with Gasteiger partial charge >= 0.3 is 0 Å². The van der Waals surface area contributed by atoms with E-state index in [9.17, 15) is 8.78 Å². The summed E-state index contributed by atoms with van der Waals surface area (Å²) in [4.78, 5) is 0. The molecule has 0 spiro atoms. The number of hydrogen-bond donors (Lipinski definition) is 0. The summed E-state index contributed by atoms with van der Waals surface area (Å²) in [6.07, 6.45) is 0. The van der Waals surface area contributed by atoms with Crippen molar-refractivity contribution in [3.05, 3.63) is 106 Å². The summed E-state index contributed by atoms with van der Waals surface area (Å²) in [5.41, 5.74) is 4.05. The van der Waals surface area contributed by atoms with Gasteiger partial charge in [0.05, 0.1) is 5.56 Å². The van der Waals surface area contributed by atoms with Crippen LogP contribution in [0, 0.1) is 49.2 Å². The number of aryl methyl sites for hydroxylation is 2. The molecule has 0 amide bonds. The van der Waals surface area contributed by atoms with Gasteiger partial charge in [-0.1, -0.05) is 35.8 Å². The summed E-state index contributed by atoms with van der Waals surface area (Å²) < 4.78 is 27.3. The topological polar surface area (TPSA) is 0 Å². The van der Waals surface area contributed by atoms with E-state index in [0.29, 0.717) is 16.7 Å². The average molecular weight is 342 g/mol. The molecule has 0 aliphatic rings. The largest absolute Gasteiger partial charge is 0.207 e. The minimum atomic E-state index is -0.315.